The molecule has 0 aliphatic heterocycles. The van der Waals surface area contributed by atoms with Crippen molar-refractivity contribution in [2.24, 2.45) is 0 Å². The Labute approximate surface area is 227 Å². The molecular weight excluding hydrogens is 490 g/mol. The number of anilines is 3. The summed E-state index contributed by atoms with van der Waals surface area (Å²) in [5, 5.41) is 14.6. The van der Waals surface area contributed by atoms with Crippen molar-refractivity contribution in [1.29, 1.82) is 0 Å². The fourth-order valence-electron chi connectivity index (χ4n) is 4.31. The Morgan fingerprint density at radius 3 is 2.10 bits per heavy atom. The van der Waals surface area contributed by atoms with Crippen LogP contribution in [0.2, 0.25) is 0 Å². The molecule has 0 saturated heterocycles. The molecule has 1 amide bonds. The predicted octanol–water partition coefficient (Wildman–Crippen LogP) is 5.05. The average molecular weight is 524 g/mol. The molecule has 0 unspecified atom stereocenters. The van der Waals surface area contributed by atoms with Crippen molar-refractivity contribution in [2.75, 3.05) is 29.0 Å². The molecule has 3 heterocycles. The maximum Gasteiger partial charge on any atom is 0.269 e. The highest BCUT2D eigenvalue weighted by Crippen LogP contribution is 2.32. The van der Waals surface area contributed by atoms with E-state index >= 15 is 0 Å². The van der Waals surface area contributed by atoms with Crippen LogP contribution in [0.4, 0.5) is 17.8 Å². The first-order valence-electron chi connectivity index (χ1n) is 13.2. The van der Waals surface area contributed by atoms with Gasteiger partial charge >= 0.3 is 0 Å². The first-order chi connectivity index (χ1) is 18.9. The summed E-state index contributed by atoms with van der Waals surface area (Å²) in [7, 11) is 0. The minimum atomic E-state index is -0.249. The highest BCUT2D eigenvalue weighted by atomic mass is 16.1. The number of fused-ring (bicyclic) bond motifs is 3. The van der Waals surface area contributed by atoms with E-state index < -0.39 is 0 Å². The van der Waals surface area contributed by atoms with Gasteiger partial charge in [-0.3, -0.25) is 4.79 Å². The van der Waals surface area contributed by atoms with Crippen LogP contribution in [-0.2, 0) is 0 Å². The minimum Gasteiger partial charge on any atom is -0.353 e. The zero-order valence-electron chi connectivity index (χ0n) is 22.5. The molecule has 2 aromatic carbocycles. The molecular formula is C29H33N9O. The maximum absolute atomic E-state index is 13.2. The van der Waals surface area contributed by atoms with E-state index in [4.69, 9.17) is 4.98 Å². The molecule has 5 N–H and O–H groups in total. The van der Waals surface area contributed by atoms with Crippen molar-refractivity contribution < 1.29 is 4.79 Å². The van der Waals surface area contributed by atoms with Gasteiger partial charge < -0.3 is 26.3 Å². The van der Waals surface area contributed by atoms with E-state index in [0.717, 1.165) is 33.1 Å². The molecule has 0 radical (unpaired) electrons. The number of aromatic nitrogens is 5. The molecule has 10 heteroatoms. The summed E-state index contributed by atoms with van der Waals surface area (Å²) in [6, 6.07) is 20.2. The number of H-pyrrole nitrogens is 1. The molecule has 0 spiro atoms. The van der Waals surface area contributed by atoms with Gasteiger partial charge in [0.15, 0.2) is 0 Å². The van der Waals surface area contributed by atoms with Crippen LogP contribution in [-0.4, -0.2) is 56.0 Å². The highest BCUT2D eigenvalue weighted by molar-refractivity contribution is 6.13. The Morgan fingerprint density at radius 2 is 1.41 bits per heavy atom. The van der Waals surface area contributed by atoms with Gasteiger partial charge in [0.05, 0.1) is 11.2 Å². The number of pyridine rings is 1. The summed E-state index contributed by atoms with van der Waals surface area (Å²) in [6.45, 7) is 8.87. The van der Waals surface area contributed by atoms with Gasteiger partial charge in [0, 0.05) is 47.0 Å². The smallest absolute Gasteiger partial charge is 0.269 e. The molecule has 200 valence electrons. The van der Waals surface area contributed by atoms with Gasteiger partial charge in [0.25, 0.3) is 5.91 Å². The Kier molecular flexibility index (Phi) is 7.53. The quantitative estimate of drug-likeness (QED) is 0.161. The molecule has 0 bridgehead atoms. The summed E-state index contributed by atoms with van der Waals surface area (Å²) in [5.41, 5.74) is 3.96. The van der Waals surface area contributed by atoms with Crippen LogP contribution in [0.1, 0.15) is 38.2 Å². The highest BCUT2D eigenvalue weighted by Gasteiger charge is 2.17. The average Bonchev–Trinajstić information content (AvgIpc) is 3.29. The lowest BCUT2D eigenvalue weighted by Gasteiger charge is -2.14. The zero-order chi connectivity index (χ0) is 27.4. The van der Waals surface area contributed by atoms with Gasteiger partial charge in [0.1, 0.15) is 5.69 Å². The van der Waals surface area contributed by atoms with Crippen LogP contribution < -0.4 is 21.3 Å². The number of amides is 1. The number of rotatable bonds is 10. The Bertz CT molecular complexity index is 1570. The van der Waals surface area contributed by atoms with E-state index in [1.165, 1.54) is 0 Å². The Balaban J connectivity index is 1.33. The standard InChI is InChI=1S/C29H33N9O/c1-17(2)32-28-36-27(37-29(38-28)33-18(3)4)31-15-14-30-26(39)23-16-21-20-12-8-9-13-22(20)34-25(21)24(35-23)19-10-6-5-7-11-19/h5-13,16-18,34H,14-15H2,1-4H3,(H,30,39)(H3,31,32,33,36,37,38). The van der Waals surface area contributed by atoms with Crippen molar-refractivity contribution in [2.45, 2.75) is 39.8 Å². The third-order valence-electron chi connectivity index (χ3n) is 5.94. The first kappa shape index (κ1) is 25.9. The molecule has 0 aliphatic carbocycles. The Hall–Kier alpha value is -4.73. The van der Waals surface area contributed by atoms with E-state index in [2.05, 4.69) is 41.2 Å². The zero-order valence-corrected chi connectivity index (χ0v) is 22.5. The summed E-state index contributed by atoms with van der Waals surface area (Å²) in [5.74, 6) is 1.15. The van der Waals surface area contributed by atoms with Gasteiger partial charge in [-0.1, -0.05) is 48.5 Å². The number of nitrogens with zero attached hydrogens (tertiary/aromatic N) is 4. The van der Waals surface area contributed by atoms with Gasteiger partial charge in [-0.15, -0.1) is 0 Å². The van der Waals surface area contributed by atoms with Gasteiger partial charge in [-0.2, -0.15) is 15.0 Å². The molecule has 5 rings (SSSR count). The normalized spacial score (nSPS) is 11.3. The van der Waals surface area contributed by atoms with Crippen molar-refractivity contribution in [3.8, 4) is 11.3 Å². The lowest BCUT2D eigenvalue weighted by atomic mass is 10.1. The van der Waals surface area contributed by atoms with Crippen LogP contribution in [0.25, 0.3) is 33.1 Å². The van der Waals surface area contributed by atoms with E-state index in [0.29, 0.717) is 36.6 Å². The van der Waals surface area contributed by atoms with Crippen LogP contribution in [0.3, 0.4) is 0 Å². The number of para-hydroxylation sites is 1. The largest absolute Gasteiger partial charge is 0.353 e. The number of carbonyl (C=O) groups is 1. The molecule has 0 aliphatic rings. The molecule has 3 aromatic heterocycles. The van der Waals surface area contributed by atoms with Crippen LogP contribution in [0.5, 0.6) is 0 Å². The van der Waals surface area contributed by atoms with Gasteiger partial charge in [-0.05, 0) is 39.8 Å². The third kappa shape index (κ3) is 6.06. The van der Waals surface area contributed by atoms with E-state index in [1.54, 1.807) is 0 Å². The number of nitrogens with one attached hydrogen (secondary N) is 5. The lowest BCUT2D eigenvalue weighted by molar-refractivity contribution is 0.0950. The SMILES string of the molecule is CC(C)Nc1nc(NCCNC(=O)c2cc3c([nH]c4ccccc43)c(-c3ccccc3)n2)nc(NC(C)C)n1. The molecule has 0 atom stereocenters. The number of hydrogen-bond donors (Lipinski definition) is 5. The Morgan fingerprint density at radius 1 is 0.769 bits per heavy atom. The second-order valence-corrected chi connectivity index (χ2v) is 9.90. The maximum atomic E-state index is 13.2. The number of benzene rings is 2. The van der Waals surface area contributed by atoms with E-state index in [-0.39, 0.29) is 18.0 Å². The van der Waals surface area contributed by atoms with Crippen LogP contribution in [0, 0.1) is 0 Å². The molecule has 0 fully saturated rings. The van der Waals surface area contributed by atoms with Crippen LogP contribution in [0.15, 0.2) is 60.7 Å². The number of carbonyl (C=O) groups excluding carboxylic acids is 1. The van der Waals surface area contributed by atoms with E-state index in [9.17, 15) is 4.79 Å². The summed E-state index contributed by atoms with van der Waals surface area (Å²) < 4.78 is 0. The van der Waals surface area contributed by atoms with Crippen molar-refractivity contribution >= 4 is 45.6 Å². The first-order valence-corrected chi connectivity index (χ1v) is 13.2. The third-order valence-corrected chi connectivity index (χ3v) is 5.94. The fourth-order valence-corrected chi connectivity index (χ4v) is 4.31. The second-order valence-electron chi connectivity index (χ2n) is 9.90. The van der Waals surface area contributed by atoms with Crippen molar-refractivity contribution in [1.82, 2.24) is 30.2 Å². The lowest BCUT2D eigenvalue weighted by Crippen LogP contribution is -2.30. The van der Waals surface area contributed by atoms with Crippen molar-refractivity contribution in [3.05, 3.63) is 66.4 Å². The summed E-state index contributed by atoms with van der Waals surface area (Å²) in [4.78, 5) is 34.8. The predicted molar refractivity (Wildman–Crippen MR) is 157 cm³/mol. The molecule has 10 nitrogen and oxygen atoms in total. The monoisotopic (exact) mass is 523 g/mol. The fraction of sp³-hybridized carbons (Fsp3) is 0.276. The topological polar surface area (TPSA) is 133 Å². The minimum absolute atomic E-state index is 0.175. The number of aromatic amines is 1. The van der Waals surface area contributed by atoms with Crippen molar-refractivity contribution in [3.63, 3.8) is 0 Å². The van der Waals surface area contributed by atoms with Gasteiger partial charge in [-0.25, -0.2) is 4.98 Å². The van der Waals surface area contributed by atoms with Crippen LogP contribution >= 0.6 is 0 Å². The summed E-state index contributed by atoms with van der Waals surface area (Å²) in [6.07, 6.45) is 0. The van der Waals surface area contributed by atoms with E-state index in [1.807, 2.05) is 88.4 Å². The number of hydrogen-bond acceptors (Lipinski definition) is 8. The molecule has 0 saturated carbocycles. The van der Waals surface area contributed by atoms with Gasteiger partial charge in [0.2, 0.25) is 17.8 Å². The molecule has 5 aromatic rings. The summed E-state index contributed by atoms with van der Waals surface area (Å²) >= 11 is 0. The second kappa shape index (κ2) is 11.3. The molecule has 39 heavy (non-hydrogen) atoms.